The van der Waals surface area contributed by atoms with Crippen molar-refractivity contribution in [1.29, 1.82) is 0 Å². The molecule has 0 spiro atoms. The third kappa shape index (κ3) is 8.46. The van der Waals surface area contributed by atoms with Gasteiger partial charge in [0.2, 0.25) is 11.8 Å². The molecule has 1 aromatic carbocycles. The lowest BCUT2D eigenvalue weighted by molar-refractivity contribution is -0.130. The number of carbonyl (C=O) groups excluding carboxylic acids is 2. The second-order valence-corrected chi connectivity index (χ2v) is 10.8. The van der Waals surface area contributed by atoms with Gasteiger partial charge in [-0.25, -0.2) is 0 Å². The van der Waals surface area contributed by atoms with Crippen LogP contribution in [-0.2, 0) is 14.3 Å². The summed E-state index contributed by atoms with van der Waals surface area (Å²) in [5.41, 5.74) is 0.906. The van der Waals surface area contributed by atoms with E-state index in [-0.39, 0.29) is 23.7 Å². The standard InChI is InChI=1S/C26H37Cl2N3O4/c1-26(19-35-2)10-3-11-29(18-26)17-21(32)8-12-30-14-15-31(13-9-25(30)34)24(33)7-5-20-4-6-22(27)23(28)16-20/h4-7,16,21,32H,3,8-15,17-19H2,1-2H3. The minimum Gasteiger partial charge on any atom is -0.392 e. The van der Waals surface area contributed by atoms with Crippen molar-refractivity contribution in [3.05, 3.63) is 39.9 Å². The number of hydrogen-bond acceptors (Lipinski definition) is 5. The van der Waals surface area contributed by atoms with E-state index in [0.717, 1.165) is 38.1 Å². The molecule has 0 bridgehead atoms. The van der Waals surface area contributed by atoms with Gasteiger partial charge in [0.05, 0.1) is 22.8 Å². The first-order valence-corrected chi connectivity index (χ1v) is 13.0. The average Bonchev–Trinajstić information content (AvgIpc) is 2.99. The number of β-amino-alcohol motifs (C(OH)–C–C–N with tert-alkyl or cyclic N) is 1. The van der Waals surface area contributed by atoms with E-state index in [1.165, 1.54) is 6.08 Å². The number of halogens is 2. The number of likely N-dealkylation sites (tertiary alicyclic amines) is 1. The molecule has 2 fully saturated rings. The van der Waals surface area contributed by atoms with Crippen molar-refractivity contribution in [3.8, 4) is 0 Å². The fourth-order valence-electron chi connectivity index (χ4n) is 4.96. The molecule has 1 aromatic rings. The van der Waals surface area contributed by atoms with Crippen LogP contribution < -0.4 is 0 Å². The molecule has 0 aromatic heterocycles. The summed E-state index contributed by atoms with van der Waals surface area (Å²) in [6.45, 7) is 7.25. The Labute approximate surface area is 218 Å². The second-order valence-electron chi connectivity index (χ2n) is 9.99. The zero-order valence-electron chi connectivity index (χ0n) is 20.7. The smallest absolute Gasteiger partial charge is 0.246 e. The van der Waals surface area contributed by atoms with Crippen molar-refractivity contribution in [2.75, 3.05) is 59.5 Å². The normalized spacial score (nSPS) is 23.1. The van der Waals surface area contributed by atoms with Gasteiger partial charge in [0.15, 0.2) is 0 Å². The number of hydrogen-bond donors (Lipinski definition) is 1. The van der Waals surface area contributed by atoms with Crippen LogP contribution in [0.4, 0.5) is 0 Å². The predicted molar refractivity (Wildman–Crippen MR) is 140 cm³/mol. The zero-order chi connectivity index (χ0) is 25.4. The van der Waals surface area contributed by atoms with Gasteiger partial charge >= 0.3 is 0 Å². The molecule has 0 radical (unpaired) electrons. The number of methoxy groups -OCH3 is 1. The number of benzene rings is 1. The maximum atomic E-state index is 12.7. The first-order chi connectivity index (χ1) is 16.7. The van der Waals surface area contributed by atoms with Gasteiger partial charge in [-0.05, 0) is 49.6 Å². The quantitative estimate of drug-likeness (QED) is 0.499. The highest BCUT2D eigenvalue weighted by Gasteiger charge is 2.32. The van der Waals surface area contributed by atoms with E-state index in [0.29, 0.717) is 49.2 Å². The molecule has 2 unspecified atom stereocenters. The molecule has 2 aliphatic heterocycles. The number of ether oxygens (including phenoxy) is 1. The predicted octanol–water partition coefficient (Wildman–Crippen LogP) is 3.57. The van der Waals surface area contributed by atoms with Crippen LogP contribution >= 0.6 is 23.2 Å². The van der Waals surface area contributed by atoms with Gasteiger partial charge in [-0.1, -0.05) is 36.2 Å². The number of amides is 2. The van der Waals surface area contributed by atoms with E-state index >= 15 is 0 Å². The number of carbonyl (C=O) groups is 2. The topological polar surface area (TPSA) is 73.3 Å². The first-order valence-electron chi connectivity index (χ1n) is 12.3. The molecule has 194 valence electrons. The lowest BCUT2D eigenvalue weighted by Gasteiger charge is -2.40. The average molecular weight is 527 g/mol. The Morgan fingerprint density at radius 1 is 1.23 bits per heavy atom. The number of piperidine rings is 1. The van der Waals surface area contributed by atoms with Gasteiger partial charge < -0.3 is 24.5 Å². The third-order valence-electron chi connectivity index (χ3n) is 6.82. The van der Waals surface area contributed by atoms with Crippen LogP contribution in [0.1, 0.15) is 38.2 Å². The molecule has 35 heavy (non-hydrogen) atoms. The molecule has 3 rings (SSSR count). The molecule has 2 saturated heterocycles. The van der Waals surface area contributed by atoms with Gasteiger partial charge in [0, 0.05) is 64.3 Å². The van der Waals surface area contributed by atoms with E-state index in [1.807, 2.05) is 0 Å². The summed E-state index contributed by atoms with van der Waals surface area (Å²) < 4.78 is 5.38. The molecule has 2 heterocycles. The minimum absolute atomic E-state index is 0.0200. The summed E-state index contributed by atoms with van der Waals surface area (Å²) in [7, 11) is 1.73. The first kappa shape index (κ1) is 27.9. The van der Waals surface area contributed by atoms with Crippen LogP contribution in [0.3, 0.4) is 0 Å². The number of aliphatic hydroxyl groups excluding tert-OH is 1. The van der Waals surface area contributed by atoms with Gasteiger partial charge in [0.1, 0.15) is 0 Å². The van der Waals surface area contributed by atoms with Crippen molar-refractivity contribution in [3.63, 3.8) is 0 Å². The largest absolute Gasteiger partial charge is 0.392 e. The molecule has 2 aliphatic rings. The molecule has 1 N–H and O–H groups in total. The Balaban J connectivity index is 1.45. The van der Waals surface area contributed by atoms with Crippen molar-refractivity contribution >= 4 is 41.1 Å². The maximum absolute atomic E-state index is 12.7. The summed E-state index contributed by atoms with van der Waals surface area (Å²) in [6, 6.07) is 5.18. The van der Waals surface area contributed by atoms with Crippen molar-refractivity contribution in [2.45, 2.75) is 38.7 Å². The fourth-order valence-corrected chi connectivity index (χ4v) is 5.26. The van der Waals surface area contributed by atoms with E-state index in [9.17, 15) is 14.7 Å². The Hall–Kier alpha value is -1.64. The molecular formula is C26H37Cl2N3O4. The van der Waals surface area contributed by atoms with Crippen LogP contribution in [0.2, 0.25) is 10.0 Å². The van der Waals surface area contributed by atoms with Crippen molar-refractivity contribution in [2.24, 2.45) is 5.41 Å². The van der Waals surface area contributed by atoms with E-state index in [4.69, 9.17) is 27.9 Å². The summed E-state index contributed by atoms with van der Waals surface area (Å²) >= 11 is 12.0. The SMILES string of the molecule is COCC1(C)CCCN(CC(O)CCN2CCN(C(=O)C=Cc3ccc(Cl)c(Cl)c3)CCC2=O)C1. The van der Waals surface area contributed by atoms with Crippen LogP contribution in [0.15, 0.2) is 24.3 Å². The fraction of sp³-hybridized carbons (Fsp3) is 0.615. The van der Waals surface area contributed by atoms with E-state index < -0.39 is 6.10 Å². The summed E-state index contributed by atoms with van der Waals surface area (Å²) in [5.74, 6) is -0.124. The Morgan fingerprint density at radius 2 is 2.03 bits per heavy atom. The van der Waals surface area contributed by atoms with Gasteiger partial charge in [-0.2, -0.15) is 0 Å². The van der Waals surface area contributed by atoms with Crippen LogP contribution in [0.25, 0.3) is 6.08 Å². The lowest BCUT2D eigenvalue weighted by Crippen LogP contribution is -2.47. The molecule has 7 nitrogen and oxygen atoms in total. The van der Waals surface area contributed by atoms with Crippen molar-refractivity contribution < 1.29 is 19.4 Å². The minimum atomic E-state index is -0.497. The Morgan fingerprint density at radius 3 is 2.77 bits per heavy atom. The highest BCUT2D eigenvalue weighted by molar-refractivity contribution is 6.42. The summed E-state index contributed by atoms with van der Waals surface area (Å²) in [4.78, 5) is 31.1. The van der Waals surface area contributed by atoms with E-state index in [2.05, 4.69) is 11.8 Å². The molecule has 0 aliphatic carbocycles. The number of aliphatic hydroxyl groups is 1. The van der Waals surface area contributed by atoms with Crippen molar-refractivity contribution in [1.82, 2.24) is 14.7 Å². The third-order valence-corrected chi connectivity index (χ3v) is 7.55. The Kier molecular flexibility index (Phi) is 10.4. The summed E-state index contributed by atoms with van der Waals surface area (Å²) in [6.07, 6.45) is 5.73. The number of nitrogens with zero attached hydrogens (tertiary/aromatic N) is 3. The zero-order valence-corrected chi connectivity index (χ0v) is 22.2. The summed E-state index contributed by atoms with van der Waals surface area (Å²) in [5, 5.41) is 11.5. The van der Waals surface area contributed by atoms with Gasteiger partial charge in [0.25, 0.3) is 0 Å². The van der Waals surface area contributed by atoms with Crippen LogP contribution in [0.5, 0.6) is 0 Å². The molecule has 2 atom stereocenters. The monoisotopic (exact) mass is 525 g/mol. The second kappa shape index (κ2) is 13.1. The lowest BCUT2D eigenvalue weighted by atomic mass is 9.82. The van der Waals surface area contributed by atoms with Gasteiger partial charge in [-0.15, -0.1) is 0 Å². The molecule has 2 amide bonds. The van der Waals surface area contributed by atoms with Crippen LogP contribution in [0, 0.1) is 5.41 Å². The molecule has 9 heteroatoms. The highest BCUT2D eigenvalue weighted by Crippen LogP contribution is 2.29. The number of rotatable bonds is 9. The van der Waals surface area contributed by atoms with Gasteiger partial charge in [-0.3, -0.25) is 9.59 Å². The maximum Gasteiger partial charge on any atom is 0.246 e. The Bertz CT molecular complexity index is 909. The molecular weight excluding hydrogens is 489 g/mol. The van der Waals surface area contributed by atoms with Crippen LogP contribution in [-0.4, -0.2) is 97.3 Å². The van der Waals surface area contributed by atoms with E-state index in [1.54, 1.807) is 41.2 Å². The molecule has 0 saturated carbocycles. The highest BCUT2D eigenvalue weighted by atomic mass is 35.5.